The number of hydrogen-bond acceptors (Lipinski definition) is 0. The molecule has 0 radical (unpaired) electrons. The monoisotopic (exact) mass is 654 g/mol. The summed E-state index contributed by atoms with van der Waals surface area (Å²) < 4.78 is 25.3. The van der Waals surface area contributed by atoms with Crippen LogP contribution in [0.5, 0.6) is 0 Å². The standard InChI is InChI=1S/2C12H10F.C2H6Si.2ClH.Hf/c2*1-9-3-2-4-12(9)10-5-7-11(13)8-6-10;1-3-2;;;/h2*2-8H,1H3;1-2H3;2*1H;/q2*-1;;;;+2/p-2. The summed E-state index contributed by atoms with van der Waals surface area (Å²) in [5.41, 5.74) is 7.22. The molecule has 0 heterocycles. The molecule has 0 aliphatic heterocycles. The van der Waals surface area contributed by atoms with E-state index in [1.807, 2.05) is 24.3 Å². The van der Waals surface area contributed by atoms with Gasteiger partial charge in [-0.2, -0.15) is 12.1 Å². The quantitative estimate of drug-likeness (QED) is 0.229. The third kappa shape index (κ3) is 10.1. The van der Waals surface area contributed by atoms with Crippen molar-refractivity contribution in [2.45, 2.75) is 26.9 Å². The number of aryl methyl sites for hydroxylation is 2. The van der Waals surface area contributed by atoms with Gasteiger partial charge in [0.15, 0.2) is 0 Å². The fourth-order valence-electron chi connectivity index (χ4n) is 2.93. The van der Waals surface area contributed by atoms with Crippen molar-refractivity contribution in [3.63, 3.8) is 0 Å². The van der Waals surface area contributed by atoms with Gasteiger partial charge in [0.25, 0.3) is 0 Å². The Morgan fingerprint density at radius 1 is 0.625 bits per heavy atom. The van der Waals surface area contributed by atoms with E-state index in [1.165, 1.54) is 69.5 Å². The van der Waals surface area contributed by atoms with E-state index >= 15 is 0 Å². The van der Waals surface area contributed by atoms with Crippen LogP contribution in [0.1, 0.15) is 11.1 Å². The summed E-state index contributed by atoms with van der Waals surface area (Å²) in [6.07, 6.45) is 0. The SMILES string of the molecule is C[Si](C)=[Hf+2].Cc1ccc[c-]1-c1ccc(F)cc1.Cc1ccc[c-]1-c1ccc(F)cc1.[Cl-].[Cl-]. The van der Waals surface area contributed by atoms with Crippen LogP contribution in [0.2, 0.25) is 13.1 Å². The van der Waals surface area contributed by atoms with Crippen LogP contribution in [0.25, 0.3) is 22.3 Å². The Balaban J connectivity index is 0.000000490. The topological polar surface area (TPSA) is 0 Å². The van der Waals surface area contributed by atoms with Gasteiger partial charge in [0, 0.05) is 0 Å². The molecule has 0 atom stereocenters. The molecule has 4 rings (SSSR count). The van der Waals surface area contributed by atoms with Gasteiger partial charge in [0.2, 0.25) is 0 Å². The molecule has 0 aliphatic rings. The van der Waals surface area contributed by atoms with Crippen LogP contribution in [0.4, 0.5) is 8.78 Å². The van der Waals surface area contributed by atoms with Crippen LogP contribution in [-0.4, -0.2) is 5.49 Å². The van der Waals surface area contributed by atoms with E-state index in [-0.39, 0.29) is 41.9 Å². The summed E-state index contributed by atoms with van der Waals surface area (Å²) in [6.45, 7) is 8.77. The second-order valence-electron chi connectivity index (χ2n) is 7.26. The van der Waals surface area contributed by atoms with E-state index in [1.54, 1.807) is 24.3 Å². The Hall–Kier alpha value is -1.33. The number of benzene rings is 2. The van der Waals surface area contributed by atoms with Gasteiger partial charge in [-0.25, -0.2) is 8.78 Å². The molecule has 6 heteroatoms. The van der Waals surface area contributed by atoms with Crippen LogP contribution in [0.15, 0.2) is 84.9 Å². The van der Waals surface area contributed by atoms with Crippen molar-refractivity contribution in [3.05, 3.63) is 108 Å². The molecule has 0 spiro atoms. The molecule has 0 saturated carbocycles. The number of hydrogen-bond donors (Lipinski definition) is 0. The molecule has 0 aliphatic carbocycles. The van der Waals surface area contributed by atoms with Gasteiger partial charge in [-0.05, 0) is 0 Å². The Morgan fingerprint density at radius 3 is 1.12 bits per heavy atom. The van der Waals surface area contributed by atoms with Crippen molar-refractivity contribution in [2.75, 3.05) is 0 Å². The predicted octanol–water partition coefficient (Wildman–Crippen LogP) is 1.83. The molecule has 32 heavy (non-hydrogen) atoms. The first-order chi connectivity index (χ1) is 14.3. The van der Waals surface area contributed by atoms with Crippen molar-refractivity contribution >= 4 is 5.49 Å². The largest absolute Gasteiger partial charge is 1.00 e. The summed E-state index contributed by atoms with van der Waals surface area (Å²) in [7, 11) is 0. The summed E-state index contributed by atoms with van der Waals surface area (Å²) in [5, 5.41) is 0. The van der Waals surface area contributed by atoms with Gasteiger partial charge < -0.3 is 24.8 Å². The molecule has 0 bridgehead atoms. The zero-order valence-corrected chi connectivity index (χ0v) is 24.7. The average Bonchev–Trinajstić information content (AvgIpc) is 3.31. The summed E-state index contributed by atoms with van der Waals surface area (Å²) in [5.74, 6) is -0.374. The molecule has 0 N–H and O–H groups in total. The van der Waals surface area contributed by atoms with E-state index in [2.05, 4.69) is 39.1 Å². The van der Waals surface area contributed by atoms with Crippen LogP contribution >= 0.6 is 0 Å². The second-order valence-corrected chi connectivity index (χ2v) is 20.0. The fourth-order valence-corrected chi connectivity index (χ4v) is 2.93. The maximum Gasteiger partial charge on any atom is 0.108 e. The van der Waals surface area contributed by atoms with Crippen molar-refractivity contribution < 1.29 is 56.6 Å². The molecule has 4 aromatic carbocycles. The van der Waals surface area contributed by atoms with Crippen LogP contribution < -0.4 is 24.8 Å². The smallest absolute Gasteiger partial charge is 0.108 e. The zero-order chi connectivity index (χ0) is 22.1. The second kappa shape index (κ2) is 15.5. The fraction of sp³-hybridized carbons (Fsp3) is 0.154. The maximum atomic E-state index is 12.6. The first-order valence-electron chi connectivity index (χ1n) is 9.76. The molecule has 0 fully saturated rings. The zero-order valence-electron chi connectivity index (χ0n) is 18.6. The van der Waals surface area contributed by atoms with E-state index in [4.69, 9.17) is 0 Å². The first kappa shape index (κ1) is 30.7. The number of halogens is 4. The first-order valence-corrected chi connectivity index (χ1v) is 17.6. The maximum absolute atomic E-state index is 12.6. The molecular weight excluding hydrogens is 628 g/mol. The van der Waals surface area contributed by atoms with Gasteiger partial charge in [-0.3, -0.25) is 0 Å². The predicted molar refractivity (Wildman–Crippen MR) is 122 cm³/mol. The van der Waals surface area contributed by atoms with Crippen molar-refractivity contribution in [3.8, 4) is 22.3 Å². The molecular formula is C26H26Cl2F2HfSi-2. The molecule has 0 nitrogen and oxygen atoms in total. The van der Waals surface area contributed by atoms with Crippen LogP contribution in [-0.2, 0) is 23.0 Å². The van der Waals surface area contributed by atoms with Crippen molar-refractivity contribution in [1.29, 1.82) is 0 Å². The normalized spacial score (nSPS) is 9.25. The van der Waals surface area contributed by atoms with Gasteiger partial charge >= 0.3 is 41.6 Å². The molecule has 0 unspecified atom stereocenters. The summed E-state index contributed by atoms with van der Waals surface area (Å²) >= 11 is 1.45. The van der Waals surface area contributed by atoms with E-state index in [0.717, 1.165) is 11.1 Å². The summed E-state index contributed by atoms with van der Waals surface area (Å²) in [4.78, 5) is 0. The molecule has 0 saturated heterocycles. The van der Waals surface area contributed by atoms with Crippen molar-refractivity contribution in [2.24, 2.45) is 0 Å². The van der Waals surface area contributed by atoms with Gasteiger partial charge in [0.05, 0.1) is 0 Å². The van der Waals surface area contributed by atoms with E-state index in [9.17, 15) is 8.78 Å². The van der Waals surface area contributed by atoms with E-state index < -0.39 is 0 Å². The summed E-state index contributed by atoms with van der Waals surface area (Å²) in [6, 6.07) is 25.4. The Bertz CT molecular complexity index is 982. The minimum Gasteiger partial charge on any atom is -1.00 e. The van der Waals surface area contributed by atoms with Gasteiger partial charge in [-0.15, -0.1) is 70.8 Å². The van der Waals surface area contributed by atoms with E-state index in [0.29, 0.717) is 0 Å². The average molecular weight is 654 g/mol. The molecule has 0 amide bonds. The van der Waals surface area contributed by atoms with Gasteiger partial charge in [-0.1, -0.05) is 49.2 Å². The Morgan fingerprint density at radius 2 is 0.906 bits per heavy atom. The van der Waals surface area contributed by atoms with Crippen LogP contribution in [0, 0.1) is 25.5 Å². The molecule has 168 valence electrons. The Kier molecular flexibility index (Phi) is 14.8. The minimum absolute atomic E-state index is 0. The molecule has 4 aromatic rings. The third-order valence-electron chi connectivity index (χ3n) is 4.38. The third-order valence-corrected chi connectivity index (χ3v) is 4.38. The Labute approximate surface area is 217 Å². The van der Waals surface area contributed by atoms with Crippen molar-refractivity contribution in [1.82, 2.24) is 0 Å². The number of rotatable bonds is 2. The van der Waals surface area contributed by atoms with Crippen LogP contribution in [0.3, 0.4) is 0 Å². The minimum atomic E-state index is -0.187. The molecule has 0 aromatic heterocycles. The van der Waals surface area contributed by atoms with Gasteiger partial charge in [0.1, 0.15) is 11.6 Å².